The summed E-state index contributed by atoms with van der Waals surface area (Å²) in [6.45, 7) is -0.300. The number of benzene rings is 3. The number of hydrogen-bond donors (Lipinski definition) is 1. The van der Waals surface area contributed by atoms with Crippen LogP contribution in [0.25, 0.3) is 11.1 Å². The van der Waals surface area contributed by atoms with Crippen molar-refractivity contribution in [3.05, 3.63) is 89.5 Å². The normalized spacial score (nSPS) is 12.6. The van der Waals surface area contributed by atoms with Crippen LogP contribution in [0.3, 0.4) is 0 Å². The molecule has 0 saturated heterocycles. The van der Waals surface area contributed by atoms with Gasteiger partial charge in [-0.15, -0.1) is 0 Å². The molecule has 30 heavy (non-hydrogen) atoms. The van der Waals surface area contributed by atoms with Gasteiger partial charge in [-0.25, -0.2) is 0 Å². The monoisotopic (exact) mass is 399 g/mol. The van der Waals surface area contributed by atoms with E-state index in [0.29, 0.717) is 18.4 Å². The molecule has 0 aromatic heterocycles. The number of carbonyl (C=O) groups is 3. The number of carbonyl (C=O) groups excluding carboxylic acids is 3. The summed E-state index contributed by atoms with van der Waals surface area (Å²) in [5.41, 5.74) is 5.15. The average molecular weight is 399 g/mol. The predicted octanol–water partition coefficient (Wildman–Crippen LogP) is 4.21. The summed E-state index contributed by atoms with van der Waals surface area (Å²) in [4.78, 5) is 36.0. The molecule has 0 spiro atoms. The van der Waals surface area contributed by atoms with Crippen LogP contribution in [-0.4, -0.2) is 24.3 Å². The van der Waals surface area contributed by atoms with Crippen molar-refractivity contribution in [2.24, 2.45) is 0 Å². The van der Waals surface area contributed by atoms with Gasteiger partial charge in [0.05, 0.1) is 6.42 Å². The third-order valence-corrected chi connectivity index (χ3v) is 5.10. The van der Waals surface area contributed by atoms with Crippen LogP contribution in [-0.2, 0) is 27.2 Å². The maximum Gasteiger partial charge on any atom is 0.310 e. The highest BCUT2D eigenvalue weighted by Gasteiger charge is 2.17. The number of aryl methyl sites for hydroxylation is 1. The SMILES string of the molecule is O=C1CCc2cc(C(=O)COC(=O)Cc3ccc(-c4ccccc4)cc3)ccc2N1. The van der Waals surface area contributed by atoms with Gasteiger partial charge in [0, 0.05) is 17.7 Å². The van der Waals surface area contributed by atoms with Gasteiger partial charge < -0.3 is 10.1 Å². The molecule has 0 unspecified atom stereocenters. The molecule has 1 amide bonds. The smallest absolute Gasteiger partial charge is 0.310 e. The fourth-order valence-electron chi connectivity index (χ4n) is 3.45. The lowest BCUT2D eigenvalue weighted by Gasteiger charge is -2.17. The van der Waals surface area contributed by atoms with Gasteiger partial charge in [0.1, 0.15) is 0 Å². The Kier molecular flexibility index (Phi) is 5.70. The van der Waals surface area contributed by atoms with E-state index in [1.54, 1.807) is 18.2 Å². The minimum atomic E-state index is -0.443. The topological polar surface area (TPSA) is 72.5 Å². The highest BCUT2D eigenvalue weighted by molar-refractivity contribution is 6.00. The lowest BCUT2D eigenvalue weighted by molar-refractivity contribution is -0.141. The number of esters is 1. The van der Waals surface area contributed by atoms with Crippen molar-refractivity contribution >= 4 is 23.3 Å². The van der Waals surface area contributed by atoms with Crippen molar-refractivity contribution in [1.29, 1.82) is 0 Å². The summed E-state index contributed by atoms with van der Waals surface area (Å²) in [5, 5.41) is 2.78. The lowest BCUT2D eigenvalue weighted by atomic mass is 9.99. The summed E-state index contributed by atoms with van der Waals surface area (Å²) in [6, 6.07) is 22.8. The zero-order chi connectivity index (χ0) is 20.9. The van der Waals surface area contributed by atoms with Gasteiger partial charge in [-0.2, -0.15) is 0 Å². The van der Waals surface area contributed by atoms with Gasteiger partial charge in [-0.1, -0.05) is 54.6 Å². The Labute approximate surface area is 174 Å². The minimum Gasteiger partial charge on any atom is -0.457 e. The van der Waals surface area contributed by atoms with Gasteiger partial charge in [0.2, 0.25) is 5.91 Å². The molecule has 1 N–H and O–H groups in total. The molecule has 0 aliphatic carbocycles. The highest BCUT2D eigenvalue weighted by atomic mass is 16.5. The fraction of sp³-hybridized carbons (Fsp3) is 0.160. The first-order chi connectivity index (χ1) is 14.6. The summed E-state index contributed by atoms with van der Waals surface area (Å²) < 4.78 is 5.18. The van der Waals surface area contributed by atoms with Crippen LogP contribution >= 0.6 is 0 Å². The fourth-order valence-corrected chi connectivity index (χ4v) is 3.45. The second-order valence-corrected chi connectivity index (χ2v) is 7.24. The van der Waals surface area contributed by atoms with Crippen LogP contribution in [0.5, 0.6) is 0 Å². The van der Waals surface area contributed by atoms with Crippen LogP contribution in [0.1, 0.15) is 27.9 Å². The van der Waals surface area contributed by atoms with Crippen LogP contribution in [0.15, 0.2) is 72.8 Å². The zero-order valence-corrected chi connectivity index (χ0v) is 16.4. The van der Waals surface area contributed by atoms with Crippen molar-refractivity contribution in [3.8, 4) is 11.1 Å². The highest BCUT2D eigenvalue weighted by Crippen LogP contribution is 2.24. The van der Waals surface area contributed by atoms with Crippen LogP contribution in [0.2, 0.25) is 0 Å². The Morgan fingerprint density at radius 2 is 1.60 bits per heavy atom. The maximum absolute atomic E-state index is 12.4. The van der Waals surface area contributed by atoms with Gasteiger partial charge in [0.25, 0.3) is 0 Å². The number of nitrogens with one attached hydrogen (secondary N) is 1. The van der Waals surface area contributed by atoms with Gasteiger partial charge in [0.15, 0.2) is 12.4 Å². The third-order valence-electron chi connectivity index (χ3n) is 5.10. The first kappa shape index (κ1) is 19.6. The lowest BCUT2D eigenvalue weighted by Crippen LogP contribution is -2.20. The van der Waals surface area contributed by atoms with E-state index in [1.165, 1.54) is 0 Å². The molecule has 5 nitrogen and oxygen atoms in total. The number of ether oxygens (including phenoxy) is 1. The van der Waals surface area contributed by atoms with E-state index >= 15 is 0 Å². The molecule has 0 bridgehead atoms. The van der Waals surface area contributed by atoms with E-state index in [4.69, 9.17) is 4.74 Å². The molecule has 3 aromatic carbocycles. The predicted molar refractivity (Wildman–Crippen MR) is 114 cm³/mol. The molecule has 0 saturated carbocycles. The van der Waals surface area contributed by atoms with Gasteiger partial charge in [-0.05, 0) is 46.9 Å². The number of fused-ring (bicyclic) bond motifs is 1. The van der Waals surface area contributed by atoms with Gasteiger partial charge >= 0.3 is 5.97 Å². The Hall–Kier alpha value is -3.73. The number of rotatable bonds is 6. The molecule has 0 radical (unpaired) electrons. The summed E-state index contributed by atoms with van der Waals surface area (Å²) >= 11 is 0. The molecule has 1 heterocycles. The second-order valence-electron chi connectivity index (χ2n) is 7.24. The average Bonchev–Trinajstić information content (AvgIpc) is 2.78. The number of hydrogen-bond acceptors (Lipinski definition) is 4. The molecule has 150 valence electrons. The molecule has 0 atom stereocenters. The van der Waals surface area contributed by atoms with Crippen molar-refractivity contribution in [2.45, 2.75) is 19.3 Å². The van der Waals surface area contributed by atoms with E-state index in [2.05, 4.69) is 5.32 Å². The second kappa shape index (κ2) is 8.74. The molecule has 1 aliphatic heterocycles. The standard InChI is InChI=1S/C25H21NO4/c27-23(21-10-12-22-20(15-21)11-13-24(28)26-22)16-30-25(29)14-17-6-8-19(9-7-17)18-4-2-1-3-5-18/h1-10,12,15H,11,13-14,16H2,(H,26,28). The molecule has 5 heteroatoms. The molecule has 0 fully saturated rings. The van der Waals surface area contributed by atoms with Crippen molar-refractivity contribution in [2.75, 3.05) is 11.9 Å². The first-order valence-electron chi connectivity index (χ1n) is 9.84. The summed E-state index contributed by atoms with van der Waals surface area (Å²) in [6.07, 6.45) is 1.11. The minimum absolute atomic E-state index is 0.0210. The van der Waals surface area contributed by atoms with Crippen molar-refractivity contribution in [3.63, 3.8) is 0 Å². The number of anilines is 1. The molecule has 3 aromatic rings. The van der Waals surface area contributed by atoms with E-state index in [-0.39, 0.29) is 24.7 Å². The maximum atomic E-state index is 12.4. The molecular formula is C25H21NO4. The Morgan fingerprint density at radius 1 is 0.867 bits per heavy atom. The third kappa shape index (κ3) is 4.63. The van der Waals surface area contributed by atoms with Crippen molar-refractivity contribution in [1.82, 2.24) is 0 Å². The van der Waals surface area contributed by atoms with E-state index in [0.717, 1.165) is 27.9 Å². The number of amides is 1. The molecular weight excluding hydrogens is 378 g/mol. The number of ketones is 1. The summed E-state index contributed by atoms with van der Waals surface area (Å²) in [7, 11) is 0. The largest absolute Gasteiger partial charge is 0.457 e. The van der Waals surface area contributed by atoms with E-state index in [9.17, 15) is 14.4 Å². The molecule has 4 rings (SSSR count). The van der Waals surface area contributed by atoms with Crippen LogP contribution < -0.4 is 5.32 Å². The van der Waals surface area contributed by atoms with E-state index in [1.807, 2.05) is 54.6 Å². The number of Topliss-reactive ketones (excluding diaryl/α,β-unsaturated/α-hetero) is 1. The zero-order valence-electron chi connectivity index (χ0n) is 16.4. The van der Waals surface area contributed by atoms with Crippen molar-refractivity contribution < 1.29 is 19.1 Å². The summed E-state index contributed by atoms with van der Waals surface area (Å²) in [5.74, 6) is -0.726. The van der Waals surface area contributed by atoms with Gasteiger partial charge in [-0.3, -0.25) is 14.4 Å². The quantitative estimate of drug-likeness (QED) is 0.498. The Morgan fingerprint density at radius 3 is 2.37 bits per heavy atom. The Balaban J connectivity index is 1.31. The van der Waals surface area contributed by atoms with Crippen LogP contribution in [0, 0.1) is 0 Å². The molecule has 1 aliphatic rings. The van der Waals surface area contributed by atoms with Crippen LogP contribution in [0.4, 0.5) is 5.69 Å². The first-order valence-corrected chi connectivity index (χ1v) is 9.84. The van der Waals surface area contributed by atoms with E-state index < -0.39 is 5.97 Å². The Bertz CT molecular complexity index is 1090.